The van der Waals surface area contributed by atoms with Crippen molar-refractivity contribution < 1.29 is 4.79 Å². The van der Waals surface area contributed by atoms with Gasteiger partial charge in [0, 0.05) is 55.8 Å². The summed E-state index contributed by atoms with van der Waals surface area (Å²) in [5.41, 5.74) is 5.05. The van der Waals surface area contributed by atoms with Crippen molar-refractivity contribution in [2.24, 2.45) is 18.4 Å². The predicted octanol–water partition coefficient (Wildman–Crippen LogP) is 4.22. The number of likely N-dealkylation sites (tertiary alicyclic amines) is 1. The Morgan fingerprint density at radius 3 is 2.94 bits per heavy atom. The van der Waals surface area contributed by atoms with Gasteiger partial charge in [0.25, 0.3) is 5.91 Å². The Kier molecular flexibility index (Phi) is 4.78. The van der Waals surface area contributed by atoms with E-state index in [4.69, 9.17) is 4.98 Å². The average Bonchev–Trinajstić information content (AvgIpc) is 3.34. The zero-order valence-corrected chi connectivity index (χ0v) is 20.3. The molecule has 1 amide bonds. The summed E-state index contributed by atoms with van der Waals surface area (Å²) in [5, 5.41) is 4.65. The van der Waals surface area contributed by atoms with Crippen LogP contribution < -0.4 is 5.32 Å². The first kappa shape index (κ1) is 21.1. The molecule has 5 heterocycles. The Bertz CT molecular complexity index is 1440. The molecule has 3 fully saturated rings. The Balaban J connectivity index is 1.25. The smallest absolute Gasteiger partial charge is 0.253 e. The molecule has 180 valence electrons. The Morgan fingerprint density at radius 1 is 1.20 bits per heavy atom. The number of hydrogen-bond acceptors (Lipinski definition) is 4. The molecule has 4 aromatic rings. The molecule has 7 rings (SSSR count). The van der Waals surface area contributed by atoms with E-state index in [0.29, 0.717) is 0 Å². The molecule has 1 aliphatic carbocycles. The van der Waals surface area contributed by atoms with Gasteiger partial charge in [0.1, 0.15) is 5.65 Å². The molecule has 2 saturated heterocycles. The van der Waals surface area contributed by atoms with Crippen molar-refractivity contribution >= 4 is 28.0 Å². The molecule has 1 N–H and O–H groups in total. The molecule has 0 radical (unpaired) electrons. The number of fused-ring (bicyclic) bond motifs is 2. The predicted molar refractivity (Wildman–Crippen MR) is 137 cm³/mol. The van der Waals surface area contributed by atoms with Crippen molar-refractivity contribution in [2.75, 3.05) is 26.2 Å². The van der Waals surface area contributed by atoms with Crippen LogP contribution in [0, 0.1) is 11.3 Å². The Hall–Kier alpha value is -3.19. The molecule has 0 bridgehead atoms. The van der Waals surface area contributed by atoms with E-state index in [0.717, 1.165) is 84.2 Å². The second-order valence-electron chi connectivity index (χ2n) is 11.0. The molecular weight excluding hydrogens is 436 g/mol. The molecule has 1 spiro atoms. The van der Waals surface area contributed by atoms with Gasteiger partial charge >= 0.3 is 0 Å². The van der Waals surface area contributed by atoms with Crippen LogP contribution in [0.25, 0.3) is 33.6 Å². The third-order valence-corrected chi connectivity index (χ3v) is 8.43. The molecule has 0 unspecified atom stereocenters. The first-order chi connectivity index (χ1) is 17.1. The monoisotopic (exact) mass is 468 g/mol. The maximum Gasteiger partial charge on any atom is 0.253 e. The number of carbonyl (C=O) groups excluding carboxylic acids is 1. The first-order valence-electron chi connectivity index (χ1n) is 13.0. The van der Waals surface area contributed by atoms with Crippen molar-refractivity contribution in [1.82, 2.24) is 29.3 Å². The van der Waals surface area contributed by atoms with E-state index < -0.39 is 0 Å². The van der Waals surface area contributed by atoms with Gasteiger partial charge in [0.2, 0.25) is 0 Å². The first-order valence-corrected chi connectivity index (χ1v) is 13.0. The van der Waals surface area contributed by atoms with Crippen LogP contribution in [-0.4, -0.2) is 56.1 Å². The highest BCUT2D eigenvalue weighted by atomic mass is 16.2. The summed E-state index contributed by atoms with van der Waals surface area (Å²) in [6.07, 6.45) is 7.92. The lowest BCUT2D eigenvalue weighted by atomic mass is 9.79. The topological polar surface area (TPSA) is 68.0 Å². The summed E-state index contributed by atoms with van der Waals surface area (Å²) >= 11 is 0. The van der Waals surface area contributed by atoms with E-state index in [1.807, 2.05) is 24.4 Å². The van der Waals surface area contributed by atoms with Crippen LogP contribution >= 0.6 is 0 Å². The maximum absolute atomic E-state index is 13.5. The molecule has 1 aromatic carbocycles. The molecule has 2 aliphatic heterocycles. The molecule has 7 nitrogen and oxygen atoms in total. The summed E-state index contributed by atoms with van der Waals surface area (Å²) in [7, 11) is 2.07. The van der Waals surface area contributed by atoms with E-state index in [1.165, 1.54) is 25.7 Å². The van der Waals surface area contributed by atoms with Gasteiger partial charge in [-0.3, -0.25) is 4.79 Å². The second-order valence-corrected chi connectivity index (χ2v) is 11.0. The number of benzene rings is 1. The summed E-state index contributed by atoms with van der Waals surface area (Å²) in [6, 6.07) is 12.3. The van der Waals surface area contributed by atoms with Crippen LogP contribution in [0.4, 0.5) is 0 Å². The van der Waals surface area contributed by atoms with E-state index >= 15 is 0 Å². The molecular formula is C28H32N6O. The lowest BCUT2D eigenvalue weighted by Gasteiger charge is -2.40. The van der Waals surface area contributed by atoms with Crippen LogP contribution in [-0.2, 0) is 13.6 Å². The lowest BCUT2D eigenvalue weighted by molar-refractivity contribution is 0.0553. The lowest BCUT2D eigenvalue weighted by Crippen LogP contribution is -2.47. The van der Waals surface area contributed by atoms with E-state index in [-0.39, 0.29) is 11.3 Å². The molecule has 1 atom stereocenters. The van der Waals surface area contributed by atoms with Crippen LogP contribution in [0.5, 0.6) is 0 Å². The van der Waals surface area contributed by atoms with Gasteiger partial charge in [-0.05, 0) is 81.0 Å². The van der Waals surface area contributed by atoms with Gasteiger partial charge in [0.05, 0.1) is 16.7 Å². The van der Waals surface area contributed by atoms with Crippen molar-refractivity contribution in [3.8, 4) is 11.5 Å². The van der Waals surface area contributed by atoms with Gasteiger partial charge in [-0.1, -0.05) is 0 Å². The minimum Gasteiger partial charge on any atom is -0.338 e. The van der Waals surface area contributed by atoms with Crippen molar-refractivity contribution in [1.29, 1.82) is 0 Å². The number of carbonyl (C=O) groups is 1. The summed E-state index contributed by atoms with van der Waals surface area (Å²) in [6.45, 7) is 4.79. The van der Waals surface area contributed by atoms with Crippen molar-refractivity contribution in [2.45, 2.75) is 38.6 Å². The fourth-order valence-corrected chi connectivity index (χ4v) is 6.29. The van der Waals surface area contributed by atoms with Crippen molar-refractivity contribution in [3.05, 3.63) is 48.2 Å². The minimum absolute atomic E-state index is 0.136. The van der Waals surface area contributed by atoms with Gasteiger partial charge in [-0.2, -0.15) is 0 Å². The minimum atomic E-state index is 0.136. The molecule has 7 heteroatoms. The Morgan fingerprint density at radius 2 is 2.11 bits per heavy atom. The highest BCUT2D eigenvalue weighted by Crippen LogP contribution is 2.37. The zero-order valence-electron chi connectivity index (χ0n) is 20.3. The van der Waals surface area contributed by atoms with Crippen LogP contribution in [0.3, 0.4) is 0 Å². The molecule has 1 saturated carbocycles. The number of hydrogen-bond donors (Lipinski definition) is 1. The third kappa shape index (κ3) is 3.56. The number of aromatic nitrogens is 4. The number of amides is 1. The van der Waals surface area contributed by atoms with Crippen LogP contribution in [0.2, 0.25) is 0 Å². The van der Waals surface area contributed by atoms with E-state index in [1.54, 1.807) is 0 Å². The number of pyridine rings is 1. The SMILES string of the molecule is Cn1c(-c2cc3cccnc3n2CC2CC2)nc2cc(C(=O)N3CCC[C@]4(CCNC4)C3)ccc21. The highest BCUT2D eigenvalue weighted by molar-refractivity contribution is 5.98. The third-order valence-electron chi connectivity index (χ3n) is 8.43. The average molecular weight is 469 g/mol. The van der Waals surface area contributed by atoms with E-state index in [2.05, 4.69) is 49.6 Å². The number of nitrogens with one attached hydrogen (secondary N) is 1. The van der Waals surface area contributed by atoms with Gasteiger partial charge in [-0.15, -0.1) is 0 Å². The summed E-state index contributed by atoms with van der Waals surface area (Å²) < 4.78 is 4.49. The highest BCUT2D eigenvalue weighted by Gasteiger charge is 2.39. The molecule has 3 aliphatic rings. The fraction of sp³-hybridized carbons (Fsp3) is 0.464. The number of piperidine rings is 1. The van der Waals surface area contributed by atoms with Crippen LogP contribution in [0.1, 0.15) is 42.5 Å². The standard InChI is InChI=1S/C28H32N6O/c1-32-23-8-7-21(27(35)33-13-3-9-28(18-33)10-12-29-17-28)14-22(23)31-26(32)24-15-20-4-2-11-30-25(20)34(24)16-19-5-6-19/h2,4,7-8,11,14-15,19,29H,3,5-6,9-10,12-13,16-18H2,1H3/t28-/m1/s1. The largest absolute Gasteiger partial charge is 0.338 e. The summed E-state index contributed by atoms with van der Waals surface area (Å²) in [4.78, 5) is 25.3. The zero-order chi connectivity index (χ0) is 23.6. The van der Waals surface area contributed by atoms with Gasteiger partial charge < -0.3 is 19.4 Å². The molecule has 3 aromatic heterocycles. The molecule has 35 heavy (non-hydrogen) atoms. The van der Waals surface area contributed by atoms with E-state index in [9.17, 15) is 4.79 Å². The van der Waals surface area contributed by atoms with Gasteiger partial charge in [0.15, 0.2) is 5.82 Å². The summed E-state index contributed by atoms with van der Waals surface area (Å²) in [5.74, 6) is 1.79. The Labute approximate surface area is 205 Å². The second kappa shape index (κ2) is 7.92. The number of nitrogens with zero attached hydrogens (tertiary/aromatic N) is 5. The maximum atomic E-state index is 13.5. The number of aryl methyl sites for hydroxylation is 1. The number of imidazole rings is 1. The van der Waals surface area contributed by atoms with Gasteiger partial charge in [-0.25, -0.2) is 9.97 Å². The van der Waals surface area contributed by atoms with Crippen molar-refractivity contribution in [3.63, 3.8) is 0 Å². The number of rotatable bonds is 4. The van der Waals surface area contributed by atoms with Crippen LogP contribution in [0.15, 0.2) is 42.6 Å². The quantitative estimate of drug-likeness (QED) is 0.487. The normalized spacial score (nSPS) is 22.6. The fourth-order valence-electron chi connectivity index (χ4n) is 6.29.